The summed E-state index contributed by atoms with van der Waals surface area (Å²) in [6, 6.07) is 5.05. The first-order valence-electron chi connectivity index (χ1n) is 6.41. The molecule has 0 aliphatic carbocycles. The van der Waals surface area contributed by atoms with E-state index in [0.717, 1.165) is 4.47 Å². The molecule has 1 atom stereocenters. The number of hydrogen-bond donors (Lipinski definition) is 1. The molecule has 1 aromatic carbocycles. The summed E-state index contributed by atoms with van der Waals surface area (Å²) in [6.07, 6.45) is 1.57. The third kappa shape index (κ3) is 5.13. The lowest BCUT2D eigenvalue weighted by Crippen LogP contribution is -2.10. The summed E-state index contributed by atoms with van der Waals surface area (Å²) < 4.78 is 10.7. The van der Waals surface area contributed by atoms with Crippen molar-refractivity contribution in [1.82, 2.24) is 0 Å². The molecule has 0 saturated heterocycles. The minimum Gasteiger partial charge on any atom is -0.489 e. The van der Waals surface area contributed by atoms with Gasteiger partial charge in [0.1, 0.15) is 18.5 Å². The molecule has 1 rings (SSSR count). The molecule has 0 spiro atoms. The molecule has 118 valence electrons. The molecule has 0 amide bonds. The van der Waals surface area contributed by atoms with E-state index in [1.54, 1.807) is 18.2 Å². The largest absolute Gasteiger partial charge is 0.489 e. The number of methoxy groups -OCH3 is 1. The van der Waals surface area contributed by atoms with E-state index in [4.69, 9.17) is 4.74 Å². The Bertz CT molecular complexity index is 607. The van der Waals surface area contributed by atoms with E-state index in [1.165, 1.54) is 26.2 Å². The Morgan fingerprint density at radius 1 is 1.45 bits per heavy atom. The predicted molar refractivity (Wildman–Crippen MR) is 85.6 cm³/mol. The highest BCUT2D eigenvalue weighted by Crippen LogP contribution is 2.32. The van der Waals surface area contributed by atoms with Gasteiger partial charge < -0.3 is 14.6 Å². The maximum atomic E-state index is 11.3. The van der Waals surface area contributed by atoms with E-state index < -0.39 is 12.1 Å². The van der Waals surface area contributed by atoms with Crippen LogP contribution in [0.15, 0.2) is 47.0 Å². The molecule has 6 heteroatoms. The summed E-state index contributed by atoms with van der Waals surface area (Å²) in [5.41, 5.74) is 0.495. The number of carbonyl (C=O) groups excluding carboxylic acids is 2. The van der Waals surface area contributed by atoms with Crippen molar-refractivity contribution in [3.8, 4) is 5.75 Å². The first kappa shape index (κ1) is 18.1. The maximum Gasteiger partial charge on any atom is 0.330 e. The van der Waals surface area contributed by atoms with Gasteiger partial charge >= 0.3 is 5.97 Å². The molecule has 0 fully saturated rings. The van der Waals surface area contributed by atoms with Crippen molar-refractivity contribution in [3.63, 3.8) is 0 Å². The van der Waals surface area contributed by atoms with Gasteiger partial charge in [-0.25, -0.2) is 4.79 Å². The average molecular weight is 369 g/mol. The van der Waals surface area contributed by atoms with Crippen molar-refractivity contribution in [1.29, 1.82) is 0 Å². The minimum absolute atomic E-state index is 0.0769. The van der Waals surface area contributed by atoms with Gasteiger partial charge in [-0.2, -0.15) is 0 Å². The summed E-state index contributed by atoms with van der Waals surface area (Å²) in [5, 5.41) is 10.2. The summed E-state index contributed by atoms with van der Waals surface area (Å²) in [5.74, 6) is -0.388. The van der Waals surface area contributed by atoms with Gasteiger partial charge in [0.05, 0.1) is 7.11 Å². The summed E-state index contributed by atoms with van der Waals surface area (Å²) >= 11 is 3.30. The average Bonchev–Trinajstić information content (AvgIpc) is 2.50. The zero-order valence-corrected chi connectivity index (χ0v) is 13.9. The van der Waals surface area contributed by atoms with Crippen LogP contribution in [0.5, 0.6) is 5.75 Å². The number of Topliss-reactive ketones (excluding diaryl/α,β-unsaturated/α-hetero) is 1. The zero-order chi connectivity index (χ0) is 16.7. The van der Waals surface area contributed by atoms with Gasteiger partial charge in [-0.3, -0.25) is 4.79 Å². The summed E-state index contributed by atoms with van der Waals surface area (Å²) in [7, 11) is 1.28. The van der Waals surface area contributed by atoms with Crippen LogP contribution in [-0.2, 0) is 14.3 Å². The number of aliphatic hydroxyl groups excluding tert-OH is 1. The van der Waals surface area contributed by atoms with Crippen molar-refractivity contribution < 1.29 is 24.2 Å². The van der Waals surface area contributed by atoms with Gasteiger partial charge in [-0.15, -0.1) is 0 Å². The Labute approximate surface area is 137 Å². The van der Waals surface area contributed by atoms with Crippen LogP contribution < -0.4 is 4.74 Å². The molecule has 0 aromatic heterocycles. The van der Waals surface area contributed by atoms with Gasteiger partial charge in [0.15, 0.2) is 5.78 Å². The summed E-state index contributed by atoms with van der Waals surface area (Å²) in [4.78, 5) is 22.3. The molecule has 0 aliphatic heterocycles. The normalized spacial score (nSPS) is 12.0. The molecule has 0 aliphatic rings. The third-order valence-electron chi connectivity index (χ3n) is 2.84. The molecule has 1 N–H and O–H groups in total. The second-order valence-electron chi connectivity index (χ2n) is 4.40. The molecule has 0 radical (unpaired) electrons. The number of esters is 1. The highest BCUT2D eigenvalue weighted by Gasteiger charge is 2.19. The number of hydrogen-bond acceptors (Lipinski definition) is 5. The van der Waals surface area contributed by atoms with E-state index in [9.17, 15) is 14.7 Å². The fourth-order valence-electron chi connectivity index (χ4n) is 1.59. The van der Waals surface area contributed by atoms with E-state index in [0.29, 0.717) is 11.3 Å². The van der Waals surface area contributed by atoms with Crippen molar-refractivity contribution in [2.24, 2.45) is 0 Å². The van der Waals surface area contributed by atoms with E-state index in [1.807, 2.05) is 0 Å². The highest BCUT2D eigenvalue weighted by molar-refractivity contribution is 9.10. The standard InChI is InChI=1S/C16H17BrO5/c1-10(11(2)18)16(20)13-9-12(17)6-7-14(13)22-8-4-5-15(19)21-3/h4-7,9,16,20H,1,8H2,2-3H3/b5-4+. The van der Waals surface area contributed by atoms with Gasteiger partial charge in [0, 0.05) is 21.7 Å². The number of benzene rings is 1. The molecule has 1 unspecified atom stereocenters. The van der Waals surface area contributed by atoms with E-state index >= 15 is 0 Å². The fraction of sp³-hybridized carbons (Fsp3) is 0.250. The highest BCUT2D eigenvalue weighted by atomic mass is 79.9. The SMILES string of the molecule is C=C(C(C)=O)C(O)c1cc(Br)ccc1OC/C=C/C(=O)OC. The Hall–Kier alpha value is -1.92. The lowest BCUT2D eigenvalue weighted by Gasteiger charge is -2.16. The van der Waals surface area contributed by atoms with E-state index in [-0.39, 0.29) is 18.0 Å². The van der Waals surface area contributed by atoms with Crippen LogP contribution in [0.1, 0.15) is 18.6 Å². The van der Waals surface area contributed by atoms with Crippen LogP contribution in [0.25, 0.3) is 0 Å². The second kappa shape index (κ2) is 8.51. The van der Waals surface area contributed by atoms with E-state index in [2.05, 4.69) is 27.2 Å². The number of rotatable bonds is 7. The Morgan fingerprint density at radius 3 is 2.73 bits per heavy atom. The number of ether oxygens (including phenoxy) is 2. The number of ketones is 1. The van der Waals surface area contributed by atoms with Crippen molar-refractivity contribution in [2.75, 3.05) is 13.7 Å². The Kier molecular flexibility index (Phi) is 7.01. The molecule has 0 heterocycles. The molecule has 22 heavy (non-hydrogen) atoms. The molecule has 1 aromatic rings. The van der Waals surface area contributed by atoms with Crippen LogP contribution >= 0.6 is 15.9 Å². The predicted octanol–water partition coefficient (Wildman–Crippen LogP) is 2.74. The van der Waals surface area contributed by atoms with Crippen LogP contribution in [0.4, 0.5) is 0 Å². The lowest BCUT2D eigenvalue weighted by atomic mass is 9.99. The Morgan fingerprint density at radius 2 is 2.14 bits per heavy atom. The fourth-order valence-corrected chi connectivity index (χ4v) is 1.97. The summed E-state index contributed by atoms with van der Waals surface area (Å²) in [6.45, 7) is 5.04. The molecular formula is C16H17BrO5. The smallest absolute Gasteiger partial charge is 0.330 e. The lowest BCUT2D eigenvalue weighted by molar-refractivity contribution is -0.134. The van der Waals surface area contributed by atoms with Crippen LogP contribution in [0.2, 0.25) is 0 Å². The molecular weight excluding hydrogens is 352 g/mol. The van der Waals surface area contributed by atoms with Gasteiger partial charge in [0.2, 0.25) is 0 Å². The third-order valence-corrected chi connectivity index (χ3v) is 3.33. The monoisotopic (exact) mass is 368 g/mol. The number of halogens is 1. The van der Waals surface area contributed by atoms with Crippen LogP contribution in [0, 0.1) is 0 Å². The van der Waals surface area contributed by atoms with Gasteiger partial charge in [-0.1, -0.05) is 22.5 Å². The van der Waals surface area contributed by atoms with Crippen LogP contribution in [0.3, 0.4) is 0 Å². The quantitative estimate of drug-likeness (QED) is 0.591. The topological polar surface area (TPSA) is 72.8 Å². The molecule has 5 nitrogen and oxygen atoms in total. The maximum absolute atomic E-state index is 11.3. The number of carbonyl (C=O) groups is 2. The van der Waals surface area contributed by atoms with Crippen molar-refractivity contribution in [2.45, 2.75) is 13.0 Å². The zero-order valence-electron chi connectivity index (χ0n) is 12.3. The molecule has 0 saturated carbocycles. The second-order valence-corrected chi connectivity index (χ2v) is 5.32. The van der Waals surface area contributed by atoms with Crippen molar-refractivity contribution >= 4 is 27.7 Å². The van der Waals surface area contributed by atoms with Gasteiger partial charge in [0.25, 0.3) is 0 Å². The van der Waals surface area contributed by atoms with Crippen LogP contribution in [-0.4, -0.2) is 30.6 Å². The number of aliphatic hydroxyl groups is 1. The Balaban J connectivity index is 2.91. The minimum atomic E-state index is -1.16. The first-order valence-corrected chi connectivity index (χ1v) is 7.20. The van der Waals surface area contributed by atoms with Gasteiger partial charge in [-0.05, 0) is 31.2 Å². The first-order chi connectivity index (χ1) is 10.4. The van der Waals surface area contributed by atoms with Crippen molar-refractivity contribution in [3.05, 3.63) is 52.5 Å². The molecule has 0 bridgehead atoms.